The van der Waals surface area contributed by atoms with Crippen molar-refractivity contribution in [2.45, 2.75) is 87.5 Å². The maximum Gasteiger partial charge on any atom is 0.407 e. The number of guanidine groups is 2. The van der Waals surface area contributed by atoms with Gasteiger partial charge in [-0.2, -0.15) is 0 Å². The molecule has 1 aromatic carbocycles. The van der Waals surface area contributed by atoms with Crippen LogP contribution in [-0.4, -0.2) is 166 Å². The third kappa shape index (κ3) is 14.7. The van der Waals surface area contributed by atoms with E-state index in [1.807, 2.05) is 0 Å². The number of aliphatic hydroxyl groups excluding tert-OH is 4. The highest BCUT2D eigenvalue weighted by Gasteiger charge is 2.48. The summed E-state index contributed by atoms with van der Waals surface area (Å²) in [6, 6.07) is 1.91. The normalized spacial score (nSPS) is 22.4. The van der Waals surface area contributed by atoms with Gasteiger partial charge in [-0.1, -0.05) is 24.3 Å². The molecule has 342 valence electrons. The predicted octanol–water partition coefficient (Wildman–Crippen LogP) is -5.30. The molecule has 2 aliphatic rings. The van der Waals surface area contributed by atoms with Gasteiger partial charge in [0.1, 0.15) is 12.2 Å². The molecule has 0 fully saturated rings. The number of amides is 4. The molecular weight excluding hydrogens is 828 g/mol. The molecular formula is C36H52N10O16. The van der Waals surface area contributed by atoms with Gasteiger partial charge in [0.25, 0.3) is 0 Å². The lowest BCUT2D eigenvalue weighted by molar-refractivity contribution is -0.147. The van der Waals surface area contributed by atoms with Crippen molar-refractivity contribution in [2.24, 2.45) is 32.9 Å². The number of rotatable bonds is 20. The van der Waals surface area contributed by atoms with E-state index in [2.05, 4.69) is 31.3 Å². The Hall–Kier alpha value is -6.90. The van der Waals surface area contributed by atoms with Crippen LogP contribution in [-0.2, 0) is 51.0 Å². The van der Waals surface area contributed by atoms with Crippen LogP contribution in [0.5, 0.6) is 0 Å². The summed E-state index contributed by atoms with van der Waals surface area (Å²) in [4.78, 5) is 81.7. The average molecular weight is 881 g/mol. The second-order valence-corrected chi connectivity index (χ2v) is 13.8. The Balaban J connectivity index is 1.65. The van der Waals surface area contributed by atoms with Crippen molar-refractivity contribution >= 4 is 47.9 Å². The van der Waals surface area contributed by atoms with Gasteiger partial charge in [-0.05, 0) is 36.1 Å². The molecule has 4 amide bonds. The summed E-state index contributed by atoms with van der Waals surface area (Å²) in [6.45, 7) is 0.276. The molecule has 26 heteroatoms. The third-order valence-corrected chi connectivity index (χ3v) is 9.00. The standard InChI is InChI=1S/C36H52N10O16/c1-15(49)43-25-19(45-33(37)38)11-23(31(53)54)59-29(25)27(21(51)13-47)61-35(57)41-8-6-17-4-3-5-18(10-17)7-9-42-36(58)62-28(22(52)14-48)30-26(44-16(2)50)20(46-34(39)40)12-24(60-30)32(55)56/h3-5,10-12,19-22,25-30,47-48,51-52H,6-9,13-14H2,1-2H3,(H,41,57)(H,42,58)(H,43,49)(H,44,50)(H,53,54)(H,55,56)(H4,37,38,45)(H4,39,40,46)/t19-,20-,21-,22+,25+,26+,27+,28+,29?,30+/m0/s1. The first-order chi connectivity index (χ1) is 29.2. The molecule has 0 aromatic heterocycles. The highest BCUT2D eigenvalue weighted by atomic mass is 16.6. The fourth-order valence-corrected chi connectivity index (χ4v) is 6.42. The number of carboxylic acids is 2. The minimum Gasteiger partial charge on any atom is -0.477 e. The first kappa shape index (κ1) is 49.5. The van der Waals surface area contributed by atoms with E-state index in [0.29, 0.717) is 11.1 Å². The quantitative estimate of drug-likeness (QED) is 0.0429. The van der Waals surface area contributed by atoms with Gasteiger partial charge in [0.15, 0.2) is 36.3 Å². The van der Waals surface area contributed by atoms with Gasteiger partial charge in [-0.3, -0.25) is 9.59 Å². The van der Waals surface area contributed by atoms with Crippen molar-refractivity contribution in [3.8, 4) is 0 Å². The Bertz CT molecular complexity index is 1770. The Morgan fingerprint density at radius 1 is 0.694 bits per heavy atom. The summed E-state index contributed by atoms with van der Waals surface area (Å²) < 4.78 is 21.8. The van der Waals surface area contributed by atoms with Crippen LogP contribution in [0.1, 0.15) is 25.0 Å². The number of nitrogens with one attached hydrogen (secondary N) is 4. The Morgan fingerprint density at radius 2 is 1.06 bits per heavy atom. The first-order valence-electron chi connectivity index (χ1n) is 18.7. The fraction of sp³-hybridized carbons (Fsp3) is 0.500. The molecule has 26 nitrogen and oxygen atoms in total. The van der Waals surface area contributed by atoms with E-state index in [9.17, 15) is 59.4 Å². The minimum absolute atomic E-state index is 0.0353. The van der Waals surface area contributed by atoms with Crippen molar-refractivity contribution in [2.75, 3.05) is 26.3 Å². The number of aliphatic hydroxyl groups is 4. The van der Waals surface area contributed by atoms with Crippen molar-refractivity contribution < 1.29 is 78.4 Å². The zero-order valence-corrected chi connectivity index (χ0v) is 33.4. The van der Waals surface area contributed by atoms with Gasteiger partial charge >= 0.3 is 24.1 Å². The Morgan fingerprint density at radius 3 is 1.37 bits per heavy atom. The number of benzene rings is 1. The summed E-state index contributed by atoms with van der Waals surface area (Å²) >= 11 is 0. The van der Waals surface area contributed by atoms with E-state index < -0.39 is 133 Å². The van der Waals surface area contributed by atoms with Crippen molar-refractivity contribution in [3.05, 3.63) is 59.1 Å². The number of carbonyl (C=O) groups excluding carboxylic acids is 4. The number of carbonyl (C=O) groups is 6. The van der Waals surface area contributed by atoms with Crippen LogP contribution in [0.25, 0.3) is 0 Å². The molecule has 0 aliphatic carbocycles. The smallest absolute Gasteiger partial charge is 0.407 e. The molecule has 2 heterocycles. The topological polar surface area (TPSA) is 438 Å². The van der Waals surface area contributed by atoms with E-state index in [0.717, 1.165) is 26.0 Å². The van der Waals surface area contributed by atoms with E-state index in [4.69, 9.17) is 41.9 Å². The number of hydrogen-bond acceptors (Lipinski definition) is 16. The number of aliphatic carboxylic acids is 2. The van der Waals surface area contributed by atoms with Crippen LogP contribution in [0, 0.1) is 0 Å². The predicted molar refractivity (Wildman–Crippen MR) is 212 cm³/mol. The number of carboxylic acid groups (broad SMARTS) is 2. The largest absolute Gasteiger partial charge is 0.477 e. The number of ether oxygens (including phenoxy) is 4. The van der Waals surface area contributed by atoms with Gasteiger partial charge in [-0.25, -0.2) is 29.2 Å². The first-order valence-corrected chi connectivity index (χ1v) is 18.7. The molecule has 0 saturated heterocycles. The lowest BCUT2D eigenvalue weighted by Gasteiger charge is -2.39. The SMILES string of the molecule is CC(=O)N[C@H]1[C@H]([C@H](OC(=O)NCCc2cccc(CCNC(=O)O[C@@H](C3OC(C(=O)O)=C[C@H](N=C(N)N)[C@H]3NC(C)=O)[C@@H](O)CO)c2)[C@H](O)CO)OC(C(=O)O)=C[C@@H]1N=C(N)N. The fourth-order valence-electron chi connectivity index (χ4n) is 6.42. The molecule has 10 atom stereocenters. The minimum atomic E-state index is -1.82. The highest BCUT2D eigenvalue weighted by Crippen LogP contribution is 2.28. The molecule has 0 radical (unpaired) electrons. The van der Waals surface area contributed by atoms with Crippen LogP contribution < -0.4 is 44.2 Å². The molecule has 3 rings (SSSR count). The molecule has 0 spiro atoms. The van der Waals surface area contributed by atoms with Crippen molar-refractivity contribution in [3.63, 3.8) is 0 Å². The molecule has 0 saturated carbocycles. The molecule has 1 aromatic rings. The maximum atomic E-state index is 13.0. The zero-order chi connectivity index (χ0) is 46.3. The van der Waals surface area contributed by atoms with Crippen LogP contribution in [0.3, 0.4) is 0 Å². The molecule has 62 heavy (non-hydrogen) atoms. The van der Waals surface area contributed by atoms with Gasteiger partial charge < -0.3 is 93.8 Å². The molecule has 1 unspecified atom stereocenters. The van der Waals surface area contributed by atoms with Crippen LogP contribution in [0.4, 0.5) is 9.59 Å². The molecule has 0 bridgehead atoms. The second kappa shape index (κ2) is 23.2. The second-order valence-electron chi connectivity index (χ2n) is 13.8. The maximum absolute atomic E-state index is 13.0. The van der Waals surface area contributed by atoms with Gasteiger partial charge in [0, 0.05) is 26.9 Å². The van der Waals surface area contributed by atoms with Gasteiger partial charge in [-0.15, -0.1) is 0 Å². The lowest BCUT2D eigenvalue weighted by atomic mass is 9.92. The lowest BCUT2D eigenvalue weighted by Crippen LogP contribution is -2.61. The van der Waals surface area contributed by atoms with Crippen LogP contribution >= 0.6 is 0 Å². The average Bonchev–Trinajstić information content (AvgIpc) is 3.19. The number of nitrogens with two attached hydrogens (primary N) is 4. The molecule has 18 N–H and O–H groups in total. The van der Waals surface area contributed by atoms with Crippen molar-refractivity contribution in [1.29, 1.82) is 0 Å². The summed E-state index contributed by atoms with van der Waals surface area (Å²) in [5, 5.41) is 70.0. The third-order valence-electron chi connectivity index (χ3n) is 9.00. The van der Waals surface area contributed by atoms with E-state index in [1.165, 1.54) is 0 Å². The van der Waals surface area contributed by atoms with Gasteiger partial charge in [0.2, 0.25) is 23.3 Å². The highest BCUT2D eigenvalue weighted by molar-refractivity contribution is 5.86. The van der Waals surface area contributed by atoms with Crippen LogP contribution in [0.15, 0.2) is 57.9 Å². The number of alkyl carbamates (subject to hydrolysis) is 2. The Labute approximate surface area is 353 Å². The monoisotopic (exact) mass is 880 g/mol. The summed E-state index contributed by atoms with van der Waals surface area (Å²) in [6.07, 6.45) is -10.1. The van der Waals surface area contributed by atoms with E-state index >= 15 is 0 Å². The number of hydrogen-bond donors (Lipinski definition) is 14. The summed E-state index contributed by atoms with van der Waals surface area (Å²) in [7, 11) is 0. The number of nitrogens with zero attached hydrogens (tertiary/aromatic N) is 2. The van der Waals surface area contributed by atoms with Crippen molar-refractivity contribution in [1.82, 2.24) is 21.3 Å². The van der Waals surface area contributed by atoms with E-state index in [-0.39, 0.29) is 25.9 Å². The van der Waals surface area contributed by atoms with Crippen LogP contribution in [0.2, 0.25) is 0 Å². The zero-order valence-electron chi connectivity index (χ0n) is 33.4. The molecule has 2 aliphatic heterocycles. The summed E-state index contributed by atoms with van der Waals surface area (Å²) in [5.74, 6) is -6.69. The Kier molecular flexibility index (Phi) is 18.5. The summed E-state index contributed by atoms with van der Waals surface area (Å²) in [5.41, 5.74) is 23.4. The van der Waals surface area contributed by atoms with Gasteiger partial charge in [0.05, 0.1) is 37.4 Å². The van der Waals surface area contributed by atoms with E-state index in [1.54, 1.807) is 24.3 Å². The number of aliphatic imine (C=N–C) groups is 2.